The Hall–Kier alpha value is -1.66. The first-order valence-electron chi connectivity index (χ1n) is 7.80. The number of Topliss-reactive ketones (excluding diaryl/α,β-unsaturated/α-hetero) is 1. The largest absolute Gasteiger partial charge is 0.496 e. The molecule has 0 aliphatic rings. The Bertz CT molecular complexity index is 727. The van der Waals surface area contributed by atoms with Gasteiger partial charge in [-0.25, -0.2) is 0 Å². The second-order valence-corrected chi connectivity index (χ2v) is 8.20. The summed E-state index contributed by atoms with van der Waals surface area (Å²) in [4.78, 5) is 11.9. The predicted molar refractivity (Wildman–Crippen MR) is 100 cm³/mol. The highest BCUT2D eigenvalue weighted by Gasteiger charge is 2.22. The zero-order valence-corrected chi connectivity index (χ0v) is 15.8. The molecule has 3 heteroatoms. The molecule has 0 spiro atoms. The Kier molecular flexibility index (Phi) is 5.26. The van der Waals surface area contributed by atoms with Crippen LogP contribution in [0.15, 0.2) is 36.4 Å². The summed E-state index contributed by atoms with van der Waals surface area (Å²) in [5.74, 6) is 1.05. The number of methoxy groups -OCH3 is 1. The summed E-state index contributed by atoms with van der Waals surface area (Å²) in [6.07, 6.45) is 0. The molecule has 0 heterocycles. The number of aryl methyl sites for hydroxylation is 1. The molecule has 122 valence electrons. The van der Waals surface area contributed by atoms with Gasteiger partial charge < -0.3 is 4.74 Å². The Morgan fingerprint density at radius 2 is 1.74 bits per heavy atom. The monoisotopic (exact) mass is 328 g/mol. The van der Waals surface area contributed by atoms with Crippen molar-refractivity contribution < 1.29 is 9.53 Å². The molecule has 0 radical (unpaired) electrons. The molecule has 2 nitrogen and oxygen atoms in total. The van der Waals surface area contributed by atoms with Gasteiger partial charge in [-0.15, -0.1) is 0 Å². The van der Waals surface area contributed by atoms with Crippen LogP contribution in [-0.4, -0.2) is 12.9 Å². The van der Waals surface area contributed by atoms with Crippen LogP contribution in [0.2, 0.25) is 0 Å². The highest BCUT2D eigenvalue weighted by Crippen LogP contribution is 2.34. The summed E-state index contributed by atoms with van der Waals surface area (Å²) in [6, 6.07) is 12.2. The van der Waals surface area contributed by atoms with Crippen molar-refractivity contribution in [1.82, 2.24) is 0 Å². The van der Waals surface area contributed by atoms with Crippen molar-refractivity contribution in [3.63, 3.8) is 0 Å². The first kappa shape index (κ1) is 17.7. The second kappa shape index (κ2) is 6.84. The average Bonchev–Trinajstić information content (AvgIpc) is 2.46. The van der Waals surface area contributed by atoms with Gasteiger partial charge in [0, 0.05) is 16.4 Å². The molecule has 2 aromatic rings. The van der Waals surface area contributed by atoms with Gasteiger partial charge >= 0.3 is 0 Å². The molecule has 23 heavy (non-hydrogen) atoms. The Labute approximate surface area is 141 Å². The van der Waals surface area contributed by atoms with Gasteiger partial charge in [0.2, 0.25) is 0 Å². The summed E-state index contributed by atoms with van der Waals surface area (Å²) in [5, 5.41) is 2.23. The van der Waals surface area contributed by atoms with E-state index in [1.54, 1.807) is 14.0 Å². The lowest BCUT2D eigenvalue weighted by molar-refractivity contribution is 0.101. The van der Waals surface area contributed by atoms with E-state index in [0.29, 0.717) is 8.58 Å². The van der Waals surface area contributed by atoms with Crippen LogP contribution in [0, 0.1) is 6.92 Å². The van der Waals surface area contributed by atoms with E-state index >= 15 is 0 Å². The van der Waals surface area contributed by atoms with Crippen molar-refractivity contribution in [3.8, 4) is 5.75 Å². The summed E-state index contributed by atoms with van der Waals surface area (Å²) >= 11 is 0. The molecule has 0 bridgehead atoms. The molecule has 0 N–H and O–H groups in total. The minimum absolute atomic E-state index is 0.0106. The van der Waals surface area contributed by atoms with Gasteiger partial charge in [0.25, 0.3) is 0 Å². The lowest BCUT2D eigenvalue weighted by Crippen LogP contribution is -2.19. The number of ether oxygens (including phenoxy) is 1. The van der Waals surface area contributed by atoms with Gasteiger partial charge in [0.05, 0.1) is 7.11 Å². The third kappa shape index (κ3) is 4.00. The highest BCUT2D eigenvalue weighted by molar-refractivity contribution is 7.56. The zero-order valence-electron chi connectivity index (χ0n) is 14.8. The van der Waals surface area contributed by atoms with E-state index in [4.69, 9.17) is 4.74 Å². The maximum atomic E-state index is 11.9. The van der Waals surface area contributed by atoms with Crippen LogP contribution in [0.4, 0.5) is 0 Å². The van der Waals surface area contributed by atoms with Crippen LogP contribution < -0.4 is 15.3 Å². The van der Waals surface area contributed by atoms with Crippen molar-refractivity contribution in [2.75, 3.05) is 7.11 Å². The molecule has 2 rings (SSSR count). The summed E-state index contributed by atoms with van der Waals surface area (Å²) in [5.41, 5.74) is 3.24. The van der Waals surface area contributed by atoms with E-state index < -0.39 is 0 Å². The van der Waals surface area contributed by atoms with Crippen molar-refractivity contribution in [2.24, 2.45) is 0 Å². The van der Waals surface area contributed by atoms with E-state index in [2.05, 4.69) is 39.8 Å². The molecule has 0 saturated carbocycles. The minimum Gasteiger partial charge on any atom is -0.496 e. The Morgan fingerprint density at radius 1 is 1.09 bits per heavy atom. The third-order valence-corrected chi connectivity index (χ3v) is 5.17. The predicted octanol–water partition coefficient (Wildman–Crippen LogP) is 4.13. The summed E-state index contributed by atoms with van der Waals surface area (Å²) in [6.45, 7) is 10.3. The number of rotatable bonds is 4. The molecule has 0 saturated heterocycles. The highest BCUT2D eigenvalue weighted by atomic mass is 31.1. The molecule has 0 aromatic heterocycles. The summed E-state index contributed by atoms with van der Waals surface area (Å²) in [7, 11) is 2.13. The Morgan fingerprint density at radius 3 is 2.30 bits per heavy atom. The van der Waals surface area contributed by atoms with Crippen LogP contribution in [0.25, 0.3) is 0 Å². The van der Waals surface area contributed by atoms with Crippen LogP contribution >= 0.6 is 8.58 Å². The number of hydrogen-bond acceptors (Lipinski definition) is 2. The number of carbonyl (C=O) groups excluding carboxylic acids is 1. The van der Waals surface area contributed by atoms with E-state index in [1.807, 2.05) is 24.3 Å². The van der Waals surface area contributed by atoms with Crippen molar-refractivity contribution >= 4 is 25.0 Å². The van der Waals surface area contributed by atoms with E-state index in [-0.39, 0.29) is 11.2 Å². The SMILES string of the molecule is COc1c(Pc2ccccc2C(C)=O)cc(C)cc1C(C)(C)C. The van der Waals surface area contributed by atoms with Crippen LogP contribution in [-0.2, 0) is 5.41 Å². The molecule has 0 aliphatic carbocycles. The summed E-state index contributed by atoms with van der Waals surface area (Å²) < 4.78 is 5.75. The molecule has 1 unspecified atom stereocenters. The standard InChI is InChI=1S/C20H25O2P/c1-13-11-16(20(3,4)5)19(22-6)18(12-13)23-17-10-8-7-9-15(17)14(2)21/h7-12,23H,1-6H3. The molecule has 1 atom stereocenters. The first-order valence-corrected chi connectivity index (χ1v) is 8.80. The number of benzene rings is 2. The Balaban J connectivity index is 2.57. The van der Waals surface area contributed by atoms with Crippen LogP contribution in [0.5, 0.6) is 5.75 Å². The molecule has 2 aromatic carbocycles. The van der Waals surface area contributed by atoms with Gasteiger partial charge in [0.15, 0.2) is 5.78 Å². The zero-order chi connectivity index (χ0) is 17.2. The van der Waals surface area contributed by atoms with Crippen LogP contribution in [0.1, 0.15) is 49.2 Å². The van der Waals surface area contributed by atoms with E-state index in [1.165, 1.54) is 11.1 Å². The molecule has 0 amide bonds. The smallest absolute Gasteiger partial charge is 0.160 e. The van der Waals surface area contributed by atoms with Gasteiger partial charge in [-0.2, -0.15) is 0 Å². The van der Waals surface area contributed by atoms with Gasteiger partial charge in [-0.1, -0.05) is 59.7 Å². The quantitative estimate of drug-likeness (QED) is 0.623. The fourth-order valence-corrected chi connectivity index (χ4v) is 4.20. The number of carbonyl (C=O) groups is 1. The average molecular weight is 328 g/mol. The first-order chi connectivity index (χ1) is 10.7. The fraction of sp³-hybridized carbons (Fsp3) is 0.350. The molecule has 0 fully saturated rings. The lowest BCUT2D eigenvalue weighted by Gasteiger charge is -2.25. The third-order valence-electron chi connectivity index (χ3n) is 3.82. The van der Waals surface area contributed by atoms with Crippen molar-refractivity contribution in [2.45, 2.75) is 40.0 Å². The lowest BCUT2D eigenvalue weighted by atomic mass is 9.85. The van der Waals surface area contributed by atoms with E-state index in [0.717, 1.165) is 21.9 Å². The van der Waals surface area contributed by atoms with Crippen LogP contribution in [0.3, 0.4) is 0 Å². The fourth-order valence-electron chi connectivity index (χ4n) is 2.69. The minimum atomic E-state index is 0.0106. The van der Waals surface area contributed by atoms with Crippen molar-refractivity contribution in [3.05, 3.63) is 53.1 Å². The number of ketones is 1. The van der Waals surface area contributed by atoms with Gasteiger partial charge in [-0.05, 0) is 36.2 Å². The number of hydrogen-bond donors (Lipinski definition) is 0. The topological polar surface area (TPSA) is 26.3 Å². The van der Waals surface area contributed by atoms with Gasteiger partial charge in [0.1, 0.15) is 5.75 Å². The molecular weight excluding hydrogens is 303 g/mol. The molecule has 0 aliphatic heterocycles. The second-order valence-electron chi connectivity index (χ2n) is 6.87. The van der Waals surface area contributed by atoms with Crippen molar-refractivity contribution in [1.29, 1.82) is 0 Å². The maximum absolute atomic E-state index is 11.9. The van der Waals surface area contributed by atoms with E-state index in [9.17, 15) is 4.79 Å². The van der Waals surface area contributed by atoms with Gasteiger partial charge in [-0.3, -0.25) is 4.79 Å². The molecular formula is C20H25O2P. The maximum Gasteiger partial charge on any atom is 0.160 e. The normalized spacial score (nSPS) is 11.9.